The quantitative estimate of drug-likeness (QED) is 0.770. The van der Waals surface area contributed by atoms with Crippen molar-refractivity contribution in [1.82, 2.24) is 4.98 Å². The van der Waals surface area contributed by atoms with Gasteiger partial charge in [-0.3, -0.25) is 0 Å². The van der Waals surface area contributed by atoms with Gasteiger partial charge in [0.05, 0.1) is 11.5 Å². The van der Waals surface area contributed by atoms with Crippen LogP contribution < -0.4 is 11.1 Å². The van der Waals surface area contributed by atoms with E-state index in [9.17, 15) is 8.42 Å². The van der Waals surface area contributed by atoms with Crippen LogP contribution in [-0.2, 0) is 9.84 Å². The van der Waals surface area contributed by atoms with E-state index in [-0.39, 0.29) is 17.5 Å². The van der Waals surface area contributed by atoms with Gasteiger partial charge in [0.25, 0.3) is 0 Å². The van der Waals surface area contributed by atoms with E-state index in [1.165, 1.54) is 0 Å². The van der Waals surface area contributed by atoms with Crippen LogP contribution in [-0.4, -0.2) is 35.9 Å². The maximum atomic E-state index is 11.3. The summed E-state index contributed by atoms with van der Waals surface area (Å²) in [7, 11) is -2.87. The van der Waals surface area contributed by atoms with E-state index < -0.39 is 9.84 Å². The summed E-state index contributed by atoms with van der Waals surface area (Å²) >= 11 is 4.82. The lowest BCUT2D eigenvalue weighted by molar-refractivity contribution is 0.602. The Morgan fingerprint density at radius 3 is 2.76 bits per heavy atom. The number of rotatable bonds is 3. The highest BCUT2D eigenvalue weighted by molar-refractivity contribution is 7.91. The number of hydrogen-bond donors (Lipinski definition) is 2. The Labute approximate surface area is 105 Å². The van der Waals surface area contributed by atoms with Crippen molar-refractivity contribution in [3.63, 3.8) is 0 Å². The molecule has 0 saturated carbocycles. The number of hydrogen-bond acceptors (Lipinski definition) is 5. The molecule has 5 nitrogen and oxygen atoms in total. The minimum atomic E-state index is -2.87. The van der Waals surface area contributed by atoms with E-state index in [0.717, 1.165) is 0 Å². The second kappa shape index (κ2) is 4.58. The molecular weight excluding hydrogens is 258 g/mol. The summed E-state index contributed by atoms with van der Waals surface area (Å²) in [5.74, 6) is 1.06. The zero-order valence-corrected chi connectivity index (χ0v) is 10.7. The van der Waals surface area contributed by atoms with E-state index in [0.29, 0.717) is 22.8 Å². The van der Waals surface area contributed by atoms with Gasteiger partial charge in [0, 0.05) is 17.8 Å². The summed E-state index contributed by atoms with van der Waals surface area (Å²) in [6.45, 7) is 0. The van der Waals surface area contributed by atoms with Gasteiger partial charge >= 0.3 is 0 Å². The molecule has 1 aromatic heterocycles. The third-order valence-electron chi connectivity index (χ3n) is 2.63. The lowest BCUT2D eigenvalue weighted by atomic mass is 10.2. The fourth-order valence-corrected chi connectivity index (χ4v) is 3.54. The van der Waals surface area contributed by atoms with Gasteiger partial charge in [0.2, 0.25) is 0 Å². The molecule has 0 aliphatic carbocycles. The van der Waals surface area contributed by atoms with Crippen LogP contribution in [0.1, 0.15) is 12.0 Å². The van der Waals surface area contributed by atoms with E-state index >= 15 is 0 Å². The average molecular weight is 271 g/mol. The van der Waals surface area contributed by atoms with Crippen molar-refractivity contribution < 1.29 is 8.42 Å². The van der Waals surface area contributed by atoms with Crippen molar-refractivity contribution in [3.8, 4) is 0 Å². The molecule has 1 unspecified atom stereocenters. The summed E-state index contributed by atoms with van der Waals surface area (Å²) in [6.07, 6.45) is 2.20. The Kier molecular flexibility index (Phi) is 3.30. The number of thiocarbonyl (C=S) groups is 1. The van der Waals surface area contributed by atoms with Crippen molar-refractivity contribution >= 4 is 32.9 Å². The highest BCUT2D eigenvalue weighted by Crippen LogP contribution is 2.16. The zero-order valence-electron chi connectivity index (χ0n) is 9.09. The number of nitrogens with zero attached hydrogens (tertiary/aromatic N) is 1. The fraction of sp³-hybridized carbons (Fsp3) is 0.400. The predicted molar refractivity (Wildman–Crippen MR) is 70.8 cm³/mol. The zero-order chi connectivity index (χ0) is 12.5. The Morgan fingerprint density at radius 2 is 2.29 bits per heavy atom. The van der Waals surface area contributed by atoms with E-state index in [1.54, 1.807) is 18.3 Å². The summed E-state index contributed by atoms with van der Waals surface area (Å²) in [5, 5.41) is 3.09. The first kappa shape index (κ1) is 12.3. The van der Waals surface area contributed by atoms with E-state index in [1.807, 2.05) is 0 Å². The minimum absolute atomic E-state index is 0.0526. The Balaban J connectivity index is 2.03. The summed E-state index contributed by atoms with van der Waals surface area (Å²) in [5.41, 5.74) is 6.15. The largest absolute Gasteiger partial charge is 0.389 e. The van der Waals surface area contributed by atoms with E-state index in [2.05, 4.69) is 10.3 Å². The fourth-order valence-electron chi connectivity index (χ4n) is 1.74. The third kappa shape index (κ3) is 3.13. The van der Waals surface area contributed by atoms with Crippen molar-refractivity contribution in [1.29, 1.82) is 0 Å². The second-order valence-corrected chi connectivity index (χ2v) is 6.71. The molecule has 17 heavy (non-hydrogen) atoms. The van der Waals surface area contributed by atoms with Crippen LogP contribution in [0.2, 0.25) is 0 Å². The van der Waals surface area contributed by atoms with Crippen LogP contribution >= 0.6 is 12.2 Å². The molecule has 7 heteroatoms. The number of nitrogens with one attached hydrogen (secondary N) is 1. The first-order chi connectivity index (χ1) is 7.96. The van der Waals surface area contributed by atoms with Crippen LogP contribution in [0.15, 0.2) is 18.3 Å². The number of pyridine rings is 1. The topological polar surface area (TPSA) is 85.1 Å². The number of aromatic nitrogens is 1. The average Bonchev–Trinajstić information content (AvgIpc) is 2.59. The highest BCUT2D eigenvalue weighted by atomic mass is 32.2. The molecule has 3 N–H and O–H groups in total. The molecule has 92 valence electrons. The van der Waals surface area contributed by atoms with Gasteiger partial charge in [-0.05, 0) is 18.6 Å². The Bertz CT molecular complexity index is 525. The first-order valence-electron chi connectivity index (χ1n) is 5.19. The lowest BCUT2D eigenvalue weighted by Crippen LogP contribution is -2.21. The Hall–Kier alpha value is -1.21. The second-order valence-electron chi connectivity index (χ2n) is 4.04. The van der Waals surface area contributed by atoms with Gasteiger partial charge in [-0.1, -0.05) is 12.2 Å². The molecule has 1 aliphatic rings. The molecule has 1 atom stereocenters. The van der Waals surface area contributed by atoms with Gasteiger partial charge < -0.3 is 11.1 Å². The lowest BCUT2D eigenvalue weighted by Gasteiger charge is -2.11. The standard InChI is InChI=1S/C10H13N3O2S2/c11-10(16)7-1-2-9(12-5-7)13-8-3-4-17(14,15)6-8/h1-2,5,8H,3-4,6H2,(H2,11,16)(H,12,13). The number of sulfone groups is 1. The van der Waals surface area contributed by atoms with Gasteiger partial charge in [0.1, 0.15) is 10.8 Å². The van der Waals surface area contributed by atoms with Crippen molar-refractivity contribution in [3.05, 3.63) is 23.9 Å². The minimum Gasteiger partial charge on any atom is -0.389 e. The highest BCUT2D eigenvalue weighted by Gasteiger charge is 2.27. The molecule has 0 spiro atoms. The molecule has 1 saturated heterocycles. The van der Waals surface area contributed by atoms with Crippen LogP contribution in [0.5, 0.6) is 0 Å². The summed E-state index contributed by atoms with van der Waals surface area (Å²) < 4.78 is 22.6. The van der Waals surface area contributed by atoms with Crippen LogP contribution in [0.4, 0.5) is 5.82 Å². The van der Waals surface area contributed by atoms with Crippen LogP contribution in [0.25, 0.3) is 0 Å². The van der Waals surface area contributed by atoms with Gasteiger partial charge in [0.15, 0.2) is 9.84 Å². The molecule has 2 heterocycles. The maximum Gasteiger partial charge on any atom is 0.152 e. The summed E-state index contributed by atoms with van der Waals surface area (Å²) in [4.78, 5) is 4.44. The summed E-state index contributed by atoms with van der Waals surface area (Å²) in [6, 6.07) is 3.46. The molecule has 1 aliphatic heterocycles. The molecule has 0 bridgehead atoms. The molecular formula is C10H13N3O2S2. The smallest absolute Gasteiger partial charge is 0.152 e. The van der Waals surface area contributed by atoms with Crippen molar-refractivity contribution in [2.45, 2.75) is 12.5 Å². The SMILES string of the molecule is NC(=S)c1ccc(NC2CCS(=O)(=O)C2)nc1. The maximum absolute atomic E-state index is 11.3. The van der Waals surface area contributed by atoms with Gasteiger partial charge in [-0.15, -0.1) is 0 Å². The van der Waals surface area contributed by atoms with Crippen LogP contribution in [0, 0.1) is 0 Å². The number of anilines is 1. The van der Waals surface area contributed by atoms with Crippen molar-refractivity contribution in [2.24, 2.45) is 5.73 Å². The first-order valence-corrected chi connectivity index (χ1v) is 7.42. The normalized spacial score (nSPS) is 22.2. The Morgan fingerprint density at radius 1 is 1.53 bits per heavy atom. The number of nitrogens with two attached hydrogens (primary N) is 1. The molecule has 0 aromatic carbocycles. The van der Waals surface area contributed by atoms with E-state index in [4.69, 9.17) is 18.0 Å². The van der Waals surface area contributed by atoms with Gasteiger partial charge in [-0.2, -0.15) is 0 Å². The third-order valence-corrected chi connectivity index (χ3v) is 4.64. The molecule has 0 radical (unpaired) electrons. The van der Waals surface area contributed by atoms with Crippen molar-refractivity contribution in [2.75, 3.05) is 16.8 Å². The molecule has 0 amide bonds. The predicted octanol–water partition coefficient (Wildman–Crippen LogP) is 0.315. The molecule has 1 aromatic rings. The van der Waals surface area contributed by atoms with Gasteiger partial charge in [-0.25, -0.2) is 13.4 Å². The monoisotopic (exact) mass is 271 g/mol. The van der Waals surface area contributed by atoms with Crippen LogP contribution in [0.3, 0.4) is 0 Å². The molecule has 2 rings (SSSR count). The molecule has 1 fully saturated rings.